The monoisotopic (exact) mass is 592 g/mol. The topological polar surface area (TPSA) is 31.0 Å². The van der Waals surface area contributed by atoms with Gasteiger partial charge in [-0.15, -0.1) is 11.3 Å². The molecule has 0 atom stereocenters. The first-order chi connectivity index (χ1) is 22.3. The fraction of sp³-hybridized carbons (Fsp3) is 0. The van der Waals surface area contributed by atoms with Gasteiger partial charge in [0.1, 0.15) is 5.52 Å². The smallest absolute Gasteiger partial charge is 0.227 e. The number of para-hydroxylation sites is 1. The number of benzene rings is 7. The summed E-state index contributed by atoms with van der Waals surface area (Å²) in [4.78, 5) is 4.89. The summed E-state index contributed by atoms with van der Waals surface area (Å²) in [5.74, 6) is 0.644. The van der Waals surface area contributed by atoms with E-state index in [0.29, 0.717) is 5.89 Å². The van der Waals surface area contributed by atoms with Crippen LogP contribution in [-0.4, -0.2) is 9.55 Å². The molecule has 0 aliphatic rings. The van der Waals surface area contributed by atoms with E-state index in [9.17, 15) is 0 Å². The Labute approximate surface area is 262 Å². The van der Waals surface area contributed by atoms with Crippen LogP contribution in [0.4, 0.5) is 0 Å². The van der Waals surface area contributed by atoms with Crippen LogP contribution in [0.2, 0.25) is 0 Å². The van der Waals surface area contributed by atoms with E-state index >= 15 is 0 Å². The molecule has 0 aliphatic carbocycles. The summed E-state index contributed by atoms with van der Waals surface area (Å²) in [7, 11) is 0. The minimum atomic E-state index is 0.644. The minimum Gasteiger partial charge on any atom is -0.435 e. The van der Waals surface area contributed by atoms with Gasteiger partial charge in [-0.05, 0) is 76.5 Å². The van der Waals surface area contributed by atoms with Gasteiger partial charge in [0, 0.05) is 42.2 Å². The summed E-state index contributed by atoms with van der Waals surface area (Å²) in [6.07, 6.45) is 0. The van der Waals surface area contributed by atoms with Crippen molar-refractivity contribution in [2.75, 3.05) is 0 Å². The number of aromatic nitrogens is 2. The van der Waals surface area contributed by atoms with E-state index in [2.05, 4.69) is 150 Å². The van der Waals surface area contributed by atoms with Crippen LogP contribution in [0, 0.1) is 0 Å². The lowest BCUT2D eigenvalue weighted by Crippen LogP contribution is -1.93. The maximum absolute atomic E-state index is 6.46. The second kappa shape index (κ2) is 9.39. The summed E-state index contributed by atoms with van der Waals surface area (Å²) in [6, 6.07) is 52.0. The number of nitrogens with zero attached hydrogens (tertiary/aromatic N) is 2. The predicted molar refractivity (Wildman–Crippen MR) is 190 cm³/mol. The average Bonchev–Trinajstić information content (AvgIpc) is 3.80. The first-order valence-corrected chi connectivity index (χ1v) is 15.9. The predicted octanol–water partition coefficient (Wildman–Crippen LogP) is 11.8. The van der Waals surface area contributed by atoms with Crippen molar-refractivity contribution in [1.29, 1.82) is 0 Å². The van der Waals surface area contributed by atoms with Crippen molar-refractivity contribution in [3.63, 3.8) is 0 Å². The van der Waals surface area contributed by atoms with Crippen LogP contribution in [0.1, 0.15) is 0 Å². The van der Waals surface area contributed by atoms with Gasteiger partial charge in [0.25, 0.3) is 0 Å². The van der Waals surface area contributed by atoms with Crippen LogP contribution in [0.25, 0.3) is 92.1 Å². The van der Waals surface area contributed by atoms with Gasteiger partial charge in [-0.3, -0.25) is 0 Å². The van der Waals surface area contributed by atoms with Crippen LogP contribution in [-0.2, 0) is 0 Å². The largest absolute Gasteiger partial charge is 0.435 e. The molecule has 10 rings (SSSR count). The van der Waals surface area contributed by atoms with E-state index in [0.717, 1.165) is 33.3 Å². The fourth-order valence-electron chi connectivity index (χ4n) is 6.95. The van der Waals surface area contributed by atoms with Crippen LogP contribution in [0.5, 0.6) is 0 Å². The maximum Gasteiger partial charge on any atom is 0.227 e. The zero-order chi connectivity index (χ0) is 29.5. The molecular weight excluding hydrogens is 569 g/mol. The number of thiophene rings is 1. The molecule has 3 heterocycles. The van der Waals surface area contributed by atoms with Crippen LogP contribution in [0.3, 0.4) is 0 Å². The highest BCUT2D eigenvalue weighted by Gasteiger charge is 2.17. The van der Waals surface area contributed by atoms with E-state index in [-0.39, 0.29) is 0 Å². The average molecular weight is 593 g/mol. The Bertz CT molecular complexity index is 2750. The molecule has 0 spiro atoms. The van der Waals surface area contributed by atoms with Crippen molar-refractivity contribution in [1.82, 2.24) is 9.55 Å². The minimum absolute atomic E-state index is 0.644. The standard InChI is InChI=1S/C41H24N2OS/c1-2-9-29(10-3-1)43-34-22-19-26-8-4-5-11-30(26)38(34)31-20-18-28(24-35(31)43)25-14-16-27(17-15-25)41-42-33-21-23-37-39(40(33)44-41)32-12-6-7-13-36(32)45-37/h1-24H. The van der Waals surface area contributed by atoms with E-state index in [4.69, 9.17) is 9.40 Å². The van der Waals surface area contributed by atoms with Gasteiger partial charge in [-0.2, -0.15) is 0 Å². The molecule has 7 aromatic carbocycles. The molecule has 0 radical (unpaired) electrons. The Kier molecular flexibility index (Phi) is 5.16. The lowest BCUT2D eigenvalue weighted by atomic mass is 10.0. The van der Waals surface area contributed by atoms with Gasteiger partial charge in [-0.1, -0.05) is 91.0 Å². The molecule has 0 N–H and O–H groups in total. The summed E-state index contributed by atoms with van der Waals surface area (Å²) in [5, 5.41) is 7.44. The molecule has 0 aliphatic heterocycles. The quantitative estimate of drug-likeness (QED) is 0.204. The second-order valence-electron chi connectivity index (χ2n) is 11.6. The molecule has 3 aromatic heterocycles. The molecule has 10 aromatic rings. The molecule has 45 heavy (non-hydrogen) atoms. The number of hydrogen-bond acceptors (Lipinski definition) is 3. The van der Waals surface area contributed by atoms with Crippen LogP contribution >= 0.6 is 11.3 Å². The van der Waals surface area contributed by atoms with Gasteiger partial charge in [-0.25, -0.2) is 4.98 Å². The number of hydrogen-bond donors (Lipinski definition) is 0. The summed E-state index contributed by atoms with van der Waals surface area (Å²) >= 11 is 1.79. The zero-order valence-electron chi connectivity index (χ0n) is 24.1. The van der Waals surface area contributed by atoms with Crippen molar-refractivity contribution < 1.29 is 4.42 Å². The highest BCUT2D eigenvalue weighted by atomic mass is 32.1. The molecule has 0 saturated heterocycles. The van der Waals surface area contributed by atoms with Crippen molar-refractivity contribution in [2.24, 2.45) is 0 Å². The third-order valence-electron chi connectivity index (χ3n) is 9.03. The van der Waals surface area contributed by atoms with E-state index < -0.39 is 0 Å². The highest BCUT2D eigenvalue weighted by molar-refractivity contribution is 7.26. The molecule has 210 valence electrons. The molecule has 0 bridgehead atoms. The van der Waals surface area contributed by atoms with Crippen molar-refractivity contribution >= 4 is 75.2 Å². The Morgan fingerprint density at radius 3 is 2.16 bits per heavy atom. The van der Waals surface area contributed by atoms with Gasteiger partial charge < -0.3 is 8.98 Å². The van der Waals surface area contributed by atoms with E-state index in [1.165, 1.54) is 52.9 Å². The third-order valence-corrected chi connectivity index (χ3v) is 10.2. The number of fused-ring (bicyclic) bond motifs is 10. The lowest BCUT2D eigenvalue weighted by Gasteiger charge is -2.09. The van der Waals surface area contributed by atoms with Gasteiger partial charge >= 0.3 is 0 Å². The zero-order valence-corrected chi connectivity index (χ0v) is 24.9. The number of rotatable bonds is 3. The summed E-state index contributed by atoms with van der Waals surface area (Å²) in [5.41, 5.74) is 8.59. The van der Waals surface area contributed by atoms with Crippen LogP contribution < -0.4 is 0 Å². The fourth-order valence-corrected chi connectivity index (χ4v) is 8.05. The molecule has 3 nitrogen and oxygen atoms in total. The van der Waals surface area contributed by atoms with Gasteiger partial charge in [0.2, 0.25) is 5.89 Å². The molecule has 0 fully saturated rings. The first-order valence-electron chi connectivity index (χ1n) is 15.1. The SMILES string of the molecule is c1ccc(-n2c3cc(-c4ccc(-c5nc6ccc7sc8ccccc8c7c6o5)cc4)ccc3c3c4ccccc4ccc32)cc1. The normalized spacial score (nSPS) is 12.0. The van der Waals surface area contributed by atoms with E-state index in [1.807, 2.05) is 0 Å². The Balaban J connectivity index is 1.11. The van der Waals surface area contributed by atoms with Gasteiger partial charge in [0.15, 0.2) is 5.58 Å². The lowest BCUT2D eigenvalue weighted by molar-refractivity contribution is 0.623. The van der Waals surface area contributed by atoms with Crippen LogP contribution in [0.15, 0.2) is 150 Å². The summed E-state index contributed by atoms with van der Waals surface area (Å²) in [6.45, 7) is 0. The Hall–Kier alpha value is -5.71. The summed E-state index contributed by atoms with van der Waals surface area (Å²) < 4.78 is 11.3. The highest BCUT2D eigenvalue weighted by Crippen LogP contribution is 2.41. The van der Waals surface area contributed by atoms with Crippen molar-refractivity contribution in [3.05, 3.63) is 146 Å². The maximum atomic E-state index is 6.46. The second-order valence-corrected chi connectivity index (χ2v) is 12.6. The molecular formula is C41H24N2OS. The molecule has 0 saturated carbocycles. The van der Waals surface area contributed by atoms with E-state index in [1.54, 1.807) is 11.3 Å². The Morgan fingerprint density at radius 2 is 1.27 bits per heavy atom. The molecule has 0 amide bonds. The molecule has 0 unspecified atom stereocenters. The third kappa shape index (κ3) is 3.67. The van der Waals surface area contributed by atoms with Crippen molar-refractivity contribution in [3.8, 4) is 28.3 Å². The number of oxazole rings is 1. The van der Waals surface area contributed by atoms with Crippen molar-refractivity contribution in [2.45, 2.75) is 0 Å². The molecule has 4 heteroatoms. The van der Waals surface area contributed by atoms with Gasteiger partial charge in [0.05, 0.1) is 11.0 Å². The Morgan fingerprint density at radius 1 is 0.511 bits per heavy atom. The first kappa shape index (κ1) is 24.7.